The summed E-state index contributed by atoms with van der Waals surface area (Å²) in [4.78, 5) is 13.7. The van der Waals surface area contributed by atoms with Crippen molar-refractivity contribution < 1.29 is 4.79 Å². The lowest BCUT2D eigenvalue weighted by molar-refractivity contribution is 0.105. The van der Waals surface area contributed by atoms with Crippen molar-refractivity contribution in [2.75, 3.05) is 0 Å². The molecule has 3 heterocycles. The first-order valence-corrected chi connectivity index (χ1v) is 9.87. The van der Waals surface area contributed by atoms with Crippen molar-refractivity contribution in [3.8, 4) is 5.69 Å². The molecule has 1 aliphatic carbocycles. The van der Waals surface area contributed by atoms with Crippen molar-refractivity contribution >= 4 is 23.1 Å². The molecule has 0 amide bonds. The van der Waals surface area contributed by atoms with Gasteiger partial charge in [0.25, 0.3) is 0 Å². The summed E-state index contributed by atoms with van der Waals surface area (Å²) in [7, 11) is 0. The van der Waals surface area contributed by atoms with E-state index in [0.717, 1.165) is 28.3 Å². The van der Waals surface area contributed by atoms with Gasteiger partial charge in [0.1, 0.15) is 0 Å². The van der Waals surface area contributed by atoms with Crippen molar-refractivity contribution in [1.82, 2.24) is 19.7 Å². The number of carbonyl (C=O) groups is 1. The van der Waals surface area contributed by atoms with Crippen molar-refractivity contribution in [2.24, 2.45) is 0 Å². The van der Waals surface area contributed by atoms with Crippen LogP contribution < -0.4 is 5.32 Å². The van der Waals surface area contributed by atoms with Crippen LogP contribution in [0, 0.1) is 6.92 Å². The second-order valence-corrected chi connectivity index (χ2v) is 7.57. The summed E-state index contributed by atoms with van der Waals surface area (Å²) in [5.41, 5.74) is 5.88. The van der Waals surface area contributed by atoms with Crippen LogP contribution in [0.25, 0.3) is 11.4 Å². The summed E-state index contributed by atoms with van der Waals surface area (Å²) < 4.78 is 3.73. The molecule has 0 fully saturated rings. The molecule has 0 unspecified atom stereocenters. The molecule has 1 N–H and O–H groups in total. The largest absolute Gasteiger partial charge is 0.379 e. The number of aryl methyl sites for hydroxylation is 1. The van der Waals surface area contributed by atoms with Gasteiger partial charge in [0.2, 0.25) is 5.78 Å². The highest BCUT2D eigenvalue weighted by atomic mass is 35.5. The van der Waals surface area contributed by atoms with Crippen molar-refractivity contribution in [2.45, 2.75) is 19.9 Å². The van der Waals surface area contributed by atoms with Crippen molar-refractivity contribution in [3.63, 3.8) is 0 Å². The number of Topliss-reactive ketones (excluding diaryl/α,β-unsaturated/α-hetero) is 1. The van der Waals surface area contributed by atoms with Crippen LogP contribution in [0.5, 0.6) is 0 Å². The fraction of sp³-hybridized carbons (Fsp3) is 0.130. The number of nitrogens with one attached hydrogen (secondary N) is 1. The van der Waals surface area contributed by atoms with Gasteiger partial charge in [0.15, 0.2) is 0 Å². The molecule has 3 aromatic rings. The molecule has 2 aromatic heterocycles. The van der Waals surface area contributed by atoms with Gasteiger partial charge in [-0.2, -0.15) is 5.10 Å². The van der Waals surface area contributed by atoms with E-state index in [1.165, 1.54) is 0 Å². The minimum absolute atomic E-state index is 0.0875. The van der Waals surface area contributed by atoms with Gasteiger partial charge >= 0.3 is 0 Å². The molecule has 5 rings (SSSR count). The molecule has 0 spiro atoms. The summed E-state index contributed by atoms with van der Waals surface area (Å²) >= 11 is 6.58. The molecule has 2 aliphatic rings. The number of hydrogen-bond acceptors (Lipinski definition) is 3. The summed E-state index contributed by atoms with van der Waals surface area (Å²) in [6.45, 7) is 2.60. The van der Waals surface area contributed by atoms with E-state index in [0.29, 0.717) is 29.2 Å². The second kappa shape index (κ2) is 6.94. The highest BCUT2D eigenvalue weighted by Gasteiger charge is 2.27. The Kier molecular flexibility index (Phi) is 4.25. The molecule has 1 aromatic carbocycles. The van der Waals surface area contributed by atoms with Gasteiger partial charge in [-0.1, -0.05) is 23.8 Å². The van der Waals surface area contributed by atoms with Gasteiger partial charge in [0, 0.05) is 34.9 Å². The van der Waals surface area contributed by atoms with E-state index in [-0.39, 0.29) is 5.78 Å². The summed E-state index contributed by atoms with van der Waals surface area (Å²) in [5, 5.41) is 8.27. The normalized spacial score (nSPS) is 15.3. The Hall–Kier alpha value is -3.31. The predicted octanol–water partition coefficient (Wildman–Crippen LogP) is 4.68. The Morgan fingerprint density at radius 2 is 2.10 bits per heavy atom. The zero-order valence-electron chi connectivity index (χ0n) is 15.9. The van der Waals surface area contributed by atoms with Crippen LogP contribution in [-0.2, 0) is 6.54 Å². The van der Waals surface area contributed by atoms with Gasteiger partial charge in [-0.3, -0.25) is 4.79 Å². The third-order valence-electron chi connectivity index (χ3n) is 5.27. The molecule has 144 valence electrons. The topological polar surface area (TPSA) is 51.9 Å². The lowest BCUT2D eigenvalue weighted by Gasteiger charge is -2.18. The number of nitrogens with zero attached hydrogens (tertiary/aromatic N) is 3. The van der Waals surface area contributed by atoms with Gasteiger partial charge < -0.3 is 9.88 Å². The number of aromatic nitrogens is 3. The van der Waals surface area contributed by atoms with Crippen LogP contribution in [0.2, 0.25) is 5.02 Å². The Bertz CT molecular complexity index is 1230. The van der Waals surface area contributed by atoms with Crippen LogP contribution in [0.1, 0.15) is 28.2 Å². The Morgan fingerprint density at radius 3 is 2.90 bits per heavy atom. The molecule has 0 atom stereocenters. The minimum Gasteiger partial charge on any atom is -0.379 e. The van der Waals surface area contributed by atoms with Crippen LogP contribution in [0.4, 0.5) is 0 Å². The standard InChI is InChI=1S/C23H19ClN4O/c1-15-10-12-28(26-15)16-8-9-18(20(24)13-16)23(29)22-19-6-2-3-7-21(19)25-14-17-5-4-11-27(17)22/h2-5,7-13,25H,6,14H2,1H3. The molecule has 0 saturated carbocycles. The third-order valence-corrected chi connectivity index (χ3v) is 5.58. The first kappa shape index (κ1) is 17.8. The molecule has 1 aliphatic heterocycles. The molecule has 5 nitrogen and oxygen atoms in total. The lowest BCUT2D eigenvalue weighted by atomic mass is 9.96. The molecule has 0 radical (unpaired) electrons. The Labute approximate surface area is 173 Å². The fourth-order valence-electron chi connectivity index (χ4n) is 3.82. The van der Waals surface area contributed by atoms with E-state index in [1.807, 2.05) is 60.3 Å². The monoisotopic (exact) mass is 402 g/mol. The third kappa shape index (κ3) is 3.04. The van der Waals surface area contributed by atoms with Gasteiger partial charge in [-0.25, -0.2) is 4.68 Å². The summed E-state index contributed by atoms with van der Waals surface area (Å²) in [5.74, 6) is -0.0875. The Balaban J connectivity index is 1.62. The highest BCUT2D eigenvalue weighted by molar-refractivity contribution is 6.38. The van der Waals surface area contributed by atoms with E-state index in [1.54, 1.807) is 16.8 Å². The minimum atomic E-state index is -0.0875. The summed E-state index contributed by atoms with van der Waals surface area (Å²) in [6.07, 6.45) is 10.6. The average Bonchev–Trinajstić information content (AvgIpc) is 3.33. The van der Waals surface area contributed by atoms with E-state index >= 15 is 0 Å². The molecule has 0 bridgehead atoms. The van der Waals surface area contributed by atoms with Crippen molar-refractivity contribution in [3.05, 3.63) is 100 Å². The number of carbonyl (C=O) groups excluding carboxylic acids is 1. The number of fused-ring (bicyclic) bond motifs is 2. The number of benzene rings is 1. The molecule has 29 heavy (non-hydrogen) atoms. The summed E-state index contributed by atoms with van der Waals surface area (Å²) in [6, 6.07) is 11.4. The average molecular weight is 403 g/mol. The van der Waals surface area contributed by atoms with Crippen LogP contribution in [0.15, 0.2) is 78.3 Å². The maximum Gasteiger partial charge on any atom is 0.211 e. The first-order chi connectivity index (χ1) is 14.1. The quantitative estimate of drug-likeness (QED) is 0.647. The number of allylic oxidation sites excluding steroid dienone is 5. The van der Waals surface area contributed by atoms with Crippen LogP contribution in [0.3, 0.4) is 0 Å². The van der Waals surface area contributed by atoms with Crippen molar-refractivity contribution in [1.29, 1.82) is 0 Å². The zero-order valence-corrected chi connectivity index (χ0v) is 16.6. The van der Waals surface area contributed by atoms with Gasteiger partial charge in [-0.05, 0) is 55.8 Å². The number of hydrogen-bond donors (Lipinski definition) is 1. The van der Waals surface area contributed by atoms with Gasteiger partial charge in [0.05, 0.1) is 28.6 Å². The molecule has 6 heteroatoms. The maximum absolute atomic E-state index is 13.7. The highest BCUT2D eigenvalue weighted by Crippen LogP contribution is 2.33. The van der Waals surface area contributed by atoms with E-state index in [4.69, 9.17) is 11.6 Å². The van der Waals surface area contributed by atoms with Crippen LogP contribution >= 0.6 is 11.6 Å². The molecule has 0 saturated heterocycles. The van der Waals surface area contributed by atoms with Gasteiger partial charge in [-0.15, -0.1) is 0 Å². The first-order valence-electron chi connectivity index (χ1n) is 9.49. The zero-order chi connectivity index (χ0) is 20.0. The maximum atomic E-state index is 13.7. The van der Waals surface area contributed by atoms with E-state index in [9.17, 15) is 4.79 Å². The second-order valence-electron chi connectivity index (χ2n) is 7.16. The smallest absolute Gasteiger partial charge is 0.211 e. The SMILES string of the molecule is Cc1ccn(-c2ccc(C(=O)C3=C4CC=CC=C4NCc4cccn43)c(Cl)c2)n1. The van der Waals surface area contributed by atoms with Crippen LogP contribution in [-0.4, -0.2) is 20.1 Å². The lowest BCUT2D eigenvalue weighted by Crippen LogP contribution is -2.15. The van der Waals surface area contributed by atoms with E-state index < -0.39 is 0 Å². The molecular weight excluding hydrogens is 384 g/mol. The molecular formula is C23H19ClN4O. The number of ketones is 1. The Morgan fingerprint density at radius 1 is 1.21 bits per heavy atom. The number of rotatable bonds is 3. The predicted molar refractivity (Wildman–Crippen MR) is 114 cm³/mol. The fourth-order valence-corrected chi connectivity index (χ4v) is 4.08. The number of halogens is 1. The van der Waals surface area contributed by atoms with E-state index in [2.05, 4.69) is 16.5 Å².